The Bertz CT molecular complexity index is 773. The van der Waals surface area contributed by atoms with Crippen LogP contribution in [0.3, 0.4) is 0 Å². The second kappa shape index (κ2) is 8.09. The number of nitrogens with one attached hydrogen (secondary N) is 1. The fourth-order valence-corrected chi connectivity index (χ4v) is 3.55. The number of carbonyl (C=O) groups excluding carboxylic acids is 1. The average molecular weight is 370 g/mol. The molecule has 0 saturated carbocycles. The van der Waals surface area contributed by atoms with E-state index in [1.807, 2.05) is 45.0 Å². The van der Waals surface area contributed by atoms with Crippen LogP contribution in [0.5, 0.6) is 0 Å². The molecule has 0 spiro atoms. The van der Waals surface area contributed by atoms with Gasteiger partial charge >= 0.3 is 6.09 Å². The molecule has 5 heteroatoms. The van der Waals surface area contributed by atoms with E-state index < -0.39 is 11.7 Å². The Kier molecular flexibility index (Phi) is 5.80. The molecule has 0 aromatic heterocycles. The minimum atomic E-state index is -0.570. The summed E-state index contributed by atoms with van der Waals surface area (Å²) >= 11 is 0. The van der Waals surface area contributed by atoms with Crippen molar-refractivity contribution in [1.29, 1.82) is 0 Å². The van der Waals surface area contributed by atoms with E-state index in [0.29, 0.717) is 18.7 Å². The SMILES string of the molecule is CC(C)(C)OC(=O)N[C@@H]1CN(Cc2ccccc2)C[C@H]1c1ccccc1F. The normalized spacial score (nSPS) is 20.4. The lowest BCUT2D eigenvalue weighted by Gasteiger charge is -2.24. The molecule has 144 valence electrons. The van der Waals surface area contributed by atoms with Crippen LogP contribution in [0.1, 0.15) is 37.8 Å². The quantitative estimate of drug-likeness (QED) is 0.872. The van der Waals surface area contributed by atoms with Crippen LogP contribution in [0.2, 0.25) is 0 Å². The number of hydrogen-bond acceptors (Lipinski definition) is 3. The fraction of sp³-hybridized carbons (Fsp3) is 0.409. The minimum Gasteiger partial charge on any atom is -0.444 e. The molecule has 1 saturated heterocycles. The number of alkyl carbamates (subject to hydrolysis) is 1. The molecule has 1 aliphatic rings. The van der Waals surface area contributed by atoms with E-state index >= 15 is 0 Å². The third-order valence-electron chi connectivity index (χ3n) is 4.65. The molecule has 27 heavy (non-hydrogen) atoms. The largest absolute Gasteiger partial charge is 0.444 e. The summed E-state index contributed by atoms with van der Waals surface area (Å²) in [7, 11) is 0. The third kappa shape index (κ3) is 5.30. The van der Waals surface area contributed by atoms with Crippen molar-refractivity contribution in [2.75, 3.05) is 13.1 Å². The van der Waals surface area contributed by atoms with E-state index in [2.05, 4.69) is 22.3 Å². The Balaban J connectivity index is 1.77. The molecule has 2 aromatic carbocycles. The van der Waals surface area contributed by atoms with E-state index in [1.54, 1.807) is 12.1 Å². The monoisotopic (exact) mass is 370 g/mol. The highest BCUT2D eigenvalue weighted by Gasteiger charge is 2.36. The van der Waals surface area contributed by atoms with Crippen LogP contribution in [-0.4, -0.2) is 35.7 Å². The van der Waals surface area contributed by atoms with Crippen molar-refractivity contribution >= 4 is 6.09 Å². The van der Waals surface area contributed by atoms with Gasteiger partial charge in [-0.15, -0.1) is 0 Å². The second-order valence-corrected chi connectivity index (χ2v) is 8.06. The number of carbonyl (C=O) groups is 1. The van der Waals surface area contributed by atoms with Gasteiger partial charge in [-0.3, -0.25) is 4.90 Å². The second-order valence-electron chi connectivity index (χ2n) is 8.06. The zero-order valence-electron chi connectivity index (χ0n) is 16.1. The first-order valence-electron chi connectivity index (χ1n) is 9.32. The number of amides is 1. The van der Waals surface area contributed by atoms with E-state index in [1.165, 1.54) is 11.6 Å². The highest BCUT2D eigenvalue weighted by molar-refractivity contribution is 5.68. The number of rotatable bonds is 4. The molecule has 2 atom stereocenters. The van der Waals surface area contributed by atoms with E-state index in [0.717, 1.165) is 6.54 Å². The number of halogens is 1. The molecule has 4 nitrogen and oxygen atoms in total. The van der Waals surface area contributed by atoms with Crippen LogP contribution in [0.15, 0.2) is 54.6 Å². The first-order chi connectivity index (χ1) is 12.8. The van der Waals surface area contributed by atoms with Crippen LogP contribution in [0.25, 0.3) is 0 Å². The van der Waals surface area contributed by atoms with Gasteiger partial charge < -0.3 is 10.1 Å². The summed E-state index contributed by atoms with van der Waals surface area (Å²) in [5.41, 5.74) is 1.26. The van der Waals surface area contributed by atoms with Crippen molar-refractivity contribution in [1.82, 2.24) is 10.2 Å². The molecular formula is C22H27FN2O2. The number of likely N-dealkylation sites (tertiary alicyclic amines) is 1. The number of hydrogen-bond donors (Lipinski definition) is 1. The maximum Gasteiger partial charge on any atom is 0.407 e. The smallest absolute Gasteiger partial charge is 0.407 e. The maximum atomic E-state index is 14.4. The maximum absolute atomic E-state index is 14.4. The molecule has 1 fully saturated rings. The molecule has 2 aromatic rings. The number of benzene rings is 2. The van der Waals surface area contributed by atoms with E-state index in [4.69, 9.17) is 4.74 Å². The Labute approximate surface area is 160 Å². The zero-order chi connectivity index (χ0) is 19.4. The average Bonchev–Trinajstić information content (AvgIpc) is 2.96. The molecule has 0 bridgehead atoms. The van der Waals surface area contributed by atoms with Gasteiger partial charge in [0.25, 0.3) is 0 Å². The van der Waals surface area contributed by atoms with E-state index in [9.17, 15) is 9.18 Å². The molecule has 1 aliphatic heterocycles. The standard InChI is InChI=1S/C22H27FN2O2/c1-22(2,3)27-21(26)24-20-15-25(13-16-9-5-4-6-10-16)14-18(20)17-11-7-8-12-19(17)23/h4-12,18,20H,13-15H2,1-3H3,(H,24,26)/t18-,20+/m0/s1. The van der Waals surface area contributed by atoms with Crippen LogP contribution in [0.4, 0.5) is 9.18 Å². The summed E-state index contributed by atoms with van der Waals surface area (Å²) in [6, 6.07) is 16.7. The molecular weight excluding hydrogens is 343 g/mol. The van der Waals surface area contributed by atoms with Gasteiger partial charge in [-0.25, -0.2) is 9.18 Å². The lowest BCUT2D eigenvalue weighted by molar-refractivity contribution is 0.0502. The Hall–Kier alpha value is -2.40. The van der Waals surface area contributed by atoms with Crippen molar-refractivity contribution < 1.29 is 13.9 Å². The van der Waals surface area contributed by atoms with Gasteiger partial charge in [-0.1, -0.05) is 48.5 Å². The molecule has 1 amide bonds. The molecule has 0 aliphatic carbocycles. The van der Waals surface area contributed by atoms with Crippen LogP contribution in [-0.2, 0) is 11.3 Å². The number of ether oxygens (including phenoxy) is 1. The van der Waals surface area contributed by atoms with Gasteiger partial charge in [0.05, 0.1) is 6.04 Å². The zero-order valence-corrected chi connectivity index (χ0v) is 16.1. The summed E-state index contributed by atoms with van der Waals surface area (Å²) in [6.45, 7) is 7.58. The van der Waals surface area contributed by atoms with Gasteiger partial charge in [0.15, 0.2) is 0 Å². The lowest BCUT2D eigenvalue weighted by atomic mass is 9.94. The van der Waals surface area contributed by atoms with Gasteiger partial charge in [0.1, 0.15) is 11.4 Å². The van der Waals surface area contributed by atoms with Crippen LogP contribution in [0, 0.1) is 5.82 Å². The molecule has 3 rings (SSSR count). The third-order valence-corrected chi connectivity index (χ3v) is 4.65. The first-order valence-corrected chi connectivity index (χ1v) is 9.32. The molecule has 1 N–H and O–H groups in total. The van der Waals surface area contributed by atoms with Gasteiger partial charge in [-0.05, 0) is 38.0 Å². The highest BCUT2D eigenvalue weighted by Crippen LogP contribution is 2.30. The van der Waals surface area contributed by atoms with Crippen molar-refractivity contribution in [3.63, 3.8) is 0 Å². The van der Waals surface area contributed by atoms with E-state index in [-0.39, 0.29) is 17.8 Å². The number of nitrogens with zero attached hydrogens (tertiary/aromatic N) is 1. The topological polar surface area (TPSA) is 41.6 Å². The van der Waals surface area contributed by atoms with Crippen LogP contribution >= 0.6 is 0 Å². The van der Waals surface area contributed by atoms with Crippen molar-refractivity contribution in [3.05, 3.63) is 71.5 Å². The minimum absolute atomic E-state index is 0.123. The fourth-order valence-electron chi connectivity index (χ4n) is 3.55. The summed E-state index contributed by atoms with van der Waals surface area (Å²) in [6.07, 6.45) is -0.463. The van der Waals surface area contributed by atoms with Gasteiger partial charge in [0.2, 0.25) is 0 Å². The van der Waals surface area contributed by atoms with Gasteiger partial charge in [0, 0.05) is 25.6 Å². The Morgan fingerprint density at radius 2 is 1.78 bits per heavy atom. The summed E-state index contributed by atoms with van der Waals surface area (Å²) in [5, 5.41) is 2.96. The molecule has 0 unspecified atom stereocenters. The summed E-state index contributed by atoms with van der Waals surface area (Å²) in [5.74, 6) is -0.359. The Morgan fingerprint density at radius 3 is 2.44 bits per heavy atom. The Morgan fingerprint density at radius 1 is 1.11 bits per heavy atom. The predicted octanol–water partition coefficient (Wildman–Crippen LogP) is 4.32. The lowest BCUT2D eigenvalue weighted by Crippen LogP contribution is -2.42. The van der Waals surface area contributed by atoms with Gasteiger partial charge in [-0.2, -0.15) is 0 Å². The predicted molar refractivity (Wildman–Crippen MR) is 104 cm³/mol. The van der Waals surface area contributed by atoms with Crippen LogP contribution < -0.4 is 5.32 Å². The summed E-state index contributed by atoms with van der Waals surface area (Å²) in [4.78, 5) is 14.5. The first kappa shape index (κ1) is 19.4. The molecule has 0 radical (unpaired) electrons. The summed E-state index contributed by atoms with van der Waals surface area (Å²) < 4.78 is 19.8. The van der Waals surface area contributed by atoms with Crippen molar-refractivity contribution in [3.8, 4) is 0 Å². The van der Waals surface area contributed by atoms with Crippen molar-refractivity contribution in [2.24, 2.45) is 0 Å². The highest BCUT2D eigenvalue weighted by atomic mass is 19.1. The van der Waals surface area contributed by atoms with Crippen molar-refractivity contribution in [2.45, 2.75) is 44.9 Å². The molecule has 1 heterocycles.